The van der Waals surface area contributed by atoms with Gasteiger partial charge in [0.1, 0.15) is 18.1 Å². The second kappa shape index (κ2) is 12.4. The SMILES string of the molecule is COc1ccc(N2CCN(C(=NCC(=O)N(C)C)NCCc3ccco3)CC2)cc1.I. The molecule has 0 radical (unpaired) electrons. The van der Waals surface area contributed by atoms with Crippen LogP contribution in [0.2, 0.25) is 0 Å². The fourth-order valence-corrected chi connectivity index (χ4v) is 3.27. The molecule has 1 amide bonds. The third-order valence-corrected chi connectivity index (χ3v) is 5.11. The van der Waals surface area contributed by atoms with Crippen LogP contribution in [-0.4, -0.2) is 82.1 Å². The molecule has 2 heterocycles. The average molecular weight is 541 g/mol. The van der Waals surface area contributed by atoms with Crippen LogP contribution < -0.4 is 15.0 Å². The minimum absolute atomic E-state index is 0. The van der Waals surface area contributed by atoms with Crippen molar-refractivity contribution in [1.82, 2.24) is 15.1 Å². The topological polar surface area (TPSA) is 73.6 Å². The van der Waals surface area contributed by atoms with Crippen LogP contribution >= 0.6 is 24.0 Å². The van der Waals surface area contributed by atoms with Gasteiger partial charge in [0.05, 0.1) is 13.4 Å². The van der Waals surface area contributed by atoms with Gasteiger partial charge in [-0.2, -0.15) is 0 Å². The molecule has 8 nitrogen and oxygen atoms in total. The number of carbonyl (C=O) groups is 1. The first kappa shape index (κ1) is 24.8. The molecule has 1 N–H and O–H groups in total. The lowest BCUT2D eigenvalue weighted by Crippen LogP contribution is -2.53. The Kier molecular flexibility index (Phi) is 9.96. The molecule has 0 bridgehead atoms. The first-order valence-electron chi connectivity index (χ1n) is 10.2. The minimum atomic E-state index is -0.0165. The van der Waals surface area contributed by atoms with Gasteiger partial charge in [-0.15, -0.1) is 24.0 Å². The molecule has 1 saturated heterocycles. The van der Waals surface area contributed by atoms with E-state index in [-0.39, 0.29) is 36.4 Å². The number of likely N-dealkylation sites (N-methyl/N-ethyl adjacent to an activating group) is 1. The maximum Gasteiger partial charge on any atom is 0.243 e. The van der Waals surface area contributed by atoms with Crippen molar-refractivity contribution < 1.29 is 13.9 Å². The van der Waals surface area contributed by atoms with E-state index in [9.17, 15) is 4.79 Å². The summed E-state index contributed by atoms with van der Waals surface area (Å²) in [6.45, 7) is 4.25. The second-order valence-corrected chi connectivity index (χ2v) is 7.36. The lowest BCUT2D eigenvalue weighted by molar-refractivity contribution is -0.127. The van der Waals surface area contributed by atoms with Crippen LogP contribution in [0.4, 0.5) is 5.69 Å². The summed E-state index contributed by atoms with van der Waals surface area (Å²) in [7, 11) is 5.17. The number of nitrogens with one attached hydrogen (secondary N) is 1. The number of halogens is 1. The van der Waals surface area contributed by atoms with Crippen LogP contribution in [0.5, 0.6) is 5.75 Å². The first-order valence-corrected chi connectivity index (χ1v) is 10.2. The van der Waals surface area contributed by atoms with Gasteiger partial charge in [0.25, 0.3) is 0 Å². The molecule has 3 rings (SSSR count). The molecular weight excluding hydrogens is 509 g/mol. The molecular formula is C22H32IN5O3. The number of nitrogens with zero attached hydrogens (tertiary/aromatic N) is 4. The van der Waals surface area contributed by atoms with Crippen molar-refractivity contribution in [2.45, 2.75) is 6.42 Å². The van der Waals surface area contributed by atoms with Gasteiger partial charge in [-0.1, -0.05) is 0 Å². The standard InChI is InChI=1S/C22H31N5O3.HI/c1-25(2)21(28)17-24-22(23-11-10-20-5-4-16-30-20)27-14-12-26(13-15-27)18-6-8-19(29-3)9-7-18;/h4-9,16H,10-15,17H2,1-3H3,(H,23,24);1H. The lowest BCUT2D eigenvalue weighted by atomic mass is 10.2. The Labute approximate surface area is 201 Å². The quantitative estimate of drug-likeness (QED) is 0.330. The van der Waals surface area contributed by atoms with Gasteiger partial charge in [0, 0.05) is 58.9 Å². The normalized spacial score (nSPS) is 14.1. The van der Waals surface area contributed by atoms with E-state index < -0.39 is 0 Å². The van der Waals surface area contributed by atoms with Crippen molar-refractivity contribution in [3.63, 3.8) is 0 Å². The fourth-order valence-electron chi connectivity index (χ4n) is 3.27. The van der Waals surface area contributed by atoms with Crippen LogP contribution in [0.15, 0.2) is 52.1 Å². The highest BCUT2D eigenvalue weighted by Crippen LogP contribution is 2.20. The number of rotatable bonds is 7. The van der Waals surface area contributed by atoms with Crippen LogP contribution in [0.3, 0.4) is 0 Å². The second-order valence-electron chi connectivity index (χ2n) is 7.36. The van der Waals surface area contributed by atoms with Crippen LogP contribution in [-0.2, 0) is 11.2 Å². The molecule has 0 atom stereocenters. The smallest absolute Gasteiger partial charge is 0.243 e. The number of anilines is 1. The number of aliphatic imine (C=N–C) groups is 1. The Bertz CT molecular complexity index is 816. The summed E-state index contributed by atoms with van der Waals surface area (Å²) in [4.78, 5) is 22.7. The molecule has 0 spiro atoms. The minimum Gasteiger partial charge on any atom is -0.497 e. The van der Waals surface area contributed by atoms with Gasteiger partial charge in [-0.05, 0) is 36.4 Å². The van der Waals surface area contributed by atoms with E-state index in [0.29, 0.717) is 6.54 Å². The number of benzene rings is 1. The van der Waals surface area contributed by atoms with E-state index >= 15 is 0 Å². The number of hydrogen-bond donors (Lipinski definition) is 1. The predicted octanol–water partition coefficient (Wildman–Crippen LogP) is 2.30. The van der Waals surface area contributed by atoms with E-state index in [1.165, 1.54) is 5.69 Å². The lowest BCUT2D eigenvalue weighted by Gasteiger charge is -2.37. The highest BCUT2D eigenvalue weighted by Gasteiger charge is 2.20. The zero-order chi connectivity index (χ0) is 21.3. The zero-order valence-electron chi connectivity index (χ0n) is 18.4. The summed E-state index contributed by atoms with van der Waals surface area (Å²) < 4.78 is 10.6. The van der Waals surface area contributed by atoms with E-state index in [1.54, 1.807) is 32.4 Å². The molecule has 1 aromatic carbocycles. The van der Waals surface area contributed by atoms with Gasteiger partial charge in [-0.3, -0.25) is 4.79 Å². The van der Waals surface area contributed by atoms with Gasteiger partial charge in [0.2, 0.25) is 5.91 Å². The van der Waals surface area contributed by atoms with Gasteiger partial charge < -0.3 is 29.2 Å². The molecule has 1 aromatic heterocycles. The van der Waals surface area contributed by atoms with Crippen LogP contribution in [0.1, 0.15) is 5.76 Å². The summed E-state index contributed by atoms with van der Waals surface area (Å²) in [5, 5.41) is 3.40. The summed E-state index contributed by atoms with van der Waals surface area (Å²) in [6.07, 6.45) is 2.44. The Morgan fingerprint density at radius 1 is 1.16 bits per heavy atom. The largest absolute Gasteiger partial charge is 0.497 e. The highest BCUT2D eigenvalue weighted by atomic mass is 127. The molecule has 1 aliphatic rings. The maximum absolute atomic E-state index is 12.0. The van der Waals surface area contributed by atoms with Crippen molar-refractivity contribution in [3.05, 3.63) is 48.4 Å². The number of amides is 1. The van der Waals surface area contributed by atoms with Gasteiger partial charge in [-0.25, -0.2) is 4.99 Å². The van der Waals surface area contributed by atoms with Crippen LogP contribution in [0, 0.1) is 0 Å². The van der Waals surface area contributed by atoms with Crippen molar-refractivity contribution in [3.8, 4) is 5.75 Å². The predicted molar refractivity (Wildman–Crippen MR) is 134 cm³/mol. The molecule has 0 unspecified atom stereocenters. The summed E-state index contributed by atoms with van der Waals surface area (Å²) in [5.41, 5.74) is 1.18. The number of ether oxygens (including phenoxy) is 1. The van der Waals surface area contributed by atoms with Crippen molar-refractivity contribution >= 4 is 41.5 Å². The summed E-state index contributed by atoms with van der Waals surface area (Å²) in [5.74, 6) is 2.54. The molecule has 9 heteroatoms. The molecule has 0 saturated carbocycles. The molecule has 1 fully saturated rings. The molecule has 0 aliphatic carbocycles. The zero-order valence-corrected chi connectivity index (χ0v) is 20.7. The summed E-state index contributed by atoms with van der Waals surface area (Å²) >= 11 is 0. The molecule has 170 valence electrons. The molecule has 1 aliphatic heterocycles. The molecule has 2 aromatic rings. The first-order chi connectivity index (χ1) is 14.6. The highest BCUT2D eigenvalue weighted by molar-refractivity contribution is 14.0. The number of guanidine groups is 1. The monoisotopic (exact) mass is 541 g/mol. The maximum atomic E-state index is 12.0. The average Bonchev–Trinajstić information content (AvgIpc) is 3.29. The van der Waals surface area contributed by atoms with Gasteiger partial charge in [0.15, 0.2) is 5.96 Å². The third kappa shape index (κ3) is 7.34. The Hall–Kier alpha value is -2.43. The van der Waals surface area contributed by atoms with Crippen molar-refractivity contribution in [1.29, 1.82) is 0 Å². The van der Waals surface area contributed by atoms with Crippen molar-refractivity contribution in [2.24, 2.45) is 4.99 Å². The van der Waals surface area contributed by atoms with E-state index in [2.05, 4.69) is 32.2 Å². The van der Waals surface area contributed by atoms with Gasteiger partial charge >= 0.3 is 0 Å². The Balaban J connectivity index is 0.00000341. The number of furan rings is 1. The van der Waals surface area contributed by atoms with E-state index in [1.807, 2.05) is 24.3 Å². The van der Waals surface area contributed by atoms with Crippen molar-refractivity contribution in [2.75, 3.05) is 65.4 Å². The Morgan fingerprint density at radius 2 is 1.87 bits per heavy atom. The van der Waals surface area contributed by atoms with E-state index in [0.717, 1.165) is 50.1 Å². The number of piperazine rings is 1. The number of carbonyl (C=O) groups excluding carboxylic acids is 1. The third-order valence-electron chi connectivity index (χ3n) is 5.11. The molecule has 31 heavy (non-hydrogen) atoms. The number of methoxy groups -OCH3 is 1. The van der Waals surface area contributed by atoms with Crippen LogP contribution in [0.25, 0.3) is 0 Å². The number of hydrogen-bond acceptors (Lipinski definition) is 5. The summed E-state index contributed by atoms with van der Waals surface area (Å²) in [6, 6.07) is 12.0. The fraction of sp³-hybridized carbons (Fsp3) is 0.455. The Morgan fingerprint density at radius 3 is 2.45 bits per heavy atom. The van der Waals surface area contributed by atoms with E-state index in [4.69, 9.17) is 9.15 Å².